The first-order valence-corrected chi connectivity index (χ1v) is 8.01. The van der Waals surface area contributed by atoms with Crippen molar-refractivity contribution in [2.45, 2.75) is 45.8 Å². The van der Waals surface area contributed by atoms with E-state index in [0.29, 0.717) is 12.6 Å². The molecular formula is C17H23FN4O. The van der Waals surface area contributed by atoms with Crippen LogP contribution in [0.1, 0.15) is 30.1 Å². The van der Waals surface area contributed by atoms with Gasteiger partial charge in [-0.2, -0.15) is 5.10 Å². The molecule has 23 heavy (non-hydrogen) atoms. The molecule has 0 N–H and O–H groups in total. The Labute approximate surface area is 136 Å². The number of nitrogens with zero attached hydrogens (tertiary/aromatic N) is 4. The predicted octanol–water partition coefficient (Wildman–Crippen LogP) is 2.71. The lowest BCUT2D eigenvalue weighted by atomic mass is 10.1. The van der Waals surface area contributed by atoms with Gasteiger partial charge in [-0.1, -0.05) is 0 Å². The van der Waals surface area contributed by atoms with E-state index in [1.165, 1.54) is 6.07 Å². The molecule has 1 aliphatic rings. The molecule has 1 saturated heterocycles. The molecule has 0 radical (unpaired) electrons. The lowest BCUT2D eigenvalue weighted by Gasteiger charge is -2.25. The molecule has 1 fully saturated rings. The van der Waals surface area contributed by atoms with Crippen molar-refractivity contribution in [3.8, 4) is 5.75 Å². The van der Waals surface area contributed by atoms with E-state index in [1.807, 2.05) is 18.5 Å². The summed E-state index contributed by atoms with van der Waals surface area (Å²) >= 11 is 0. The summed E-state index contributed by atoms with van der Waals surface area (Å²) in [7, 11) is 1.62. The van der Waals surface area contributed by atoms with Crippen molar-refractivity contribution in [1.82, 2.24) is 19.7 Å². The lowest BCUT2D eigenvalue weighted by molar-refractivity contribution is 0.215. The van der Waals surface area contributed by atoms with Gasteiger partial charge in [-0.15, -0.1) is 0 Å². The van der Waals surface area contributed by atoms with Gasteiger partial charge in [0.05, 0.1) is 13.7 Å². The fraction of sp³-hybridized carbons (Fsp3) is 0.529. The zero-order valence-corrected chi connectivity index (χ0v) is 13.9. The quantitative estimate of drug-likeness (QED) is 0.850. The van der Waals surface area contributed by atoms with Crippen molar-refractivity contribution in [2.75, 3.05) is 13.7 Å². The Morgan fingerprint density at radius 3 is 2.87 bits per heavy atom. The van der Waals surface area contributed by atoms with Crippen molar-refractivity contribution in [2.24, 2.45) is 0 Å². The van der Waals surface area contributed by atoms with Crippen molar-refractivity contribution in [1.29, 1.82) is 0 Å². The largest absolute Gasteiger partial charge is 0.496 e. The molecule has 2 heterocycles. The number of hydrogen-bond donors (Lipinski definition) is 0. The molecule has 6 heteroatoms. The molecule has 3 rings (SSSR count). The van der Waals surface area contributed by atoms with Gasteiger partial charge in [0.15, 0.2) is 0 Å². The highest BCUT2D eigenvalue weighted by atomic mass is 19.1. The molecule has 2 aromatic rings. The number of likely N-dealkylation sites (tertiary alicyclic amines) is 1. The smallest absolute Gasteiger partial charge is 0.147 e. The summed E-state index contributed by atoms with van der Waals surface area (Å²) in [5.74, 6) is 2.26. The molecule has 0 bridgehead atoms. The lowest BCUT2D eigenvalue weighted by Crippen LogP contribution is -2.33. The van der Waals surface area contributed by atoms with Gasteiger partial charge in [-0.05, 0) is 51.4 Å². The van der Waals surface area contributed by atoms with Gasteiger partial charge < -0.3 is 4.74 Å². The minimum absolute atomic E-state index is 0.223. The fourth-order valence-corrected chi connectivity index (χ4v) is 3.33. The molecule has 1 unspecified atom stereocenters. The number of rotatable bonds is 5. The maximum atomic E-state index is 13.6. The first-order valence-electron chi connectivity index (χ1n) is 8.01. The number of halogens is 1. The predicted molar refractivity (Wildman–Crippen MR) is 85.9 cm³/mol. The van der Waals surface area contributed by atoms with E-state index in [1.54, 1.807) is 19.2 Å². The highest BCUT2D eigenvalue weighted by molar-refractivity contribution is 5.34. The molecule has 0 saturated carbocycles. The van der Waals surface area contributed by atoms with Crippen LogP contribution in [-0.4, -0.2) is 39.4 Å². The SMILES string of the molecule is COc1ccc(F)cc1CN1CCCC1Cn1nc(C)nc1C. The zero-order valence-electron chi connectivity index (χ0n) is 13.9. The summed E-state index contributed by atoms with van der Waals surface area (Å²) in [6.45, 7) is 6.42. The molecule has 0 amide bonds. The second-order valence-corrected chi connectivity index (χ2v) is 6.11. The molecule has 124 valence electrons. The summed E-state index contributed by atoms with van der Waals surface area (Å²) in [4.78, 5) is 6.75. The van der Waals surface area contributed by atoms with Gasteiger partial charge in [-0.3, -0.25) is 4.90 Å². The van der Waals surface area contributed by atoms with Gasteiger partial charge in [0.2, 0.25) is 0 Å². The van der Waals surface area contributed by atoms with Gasteiger partial charge >= 0.3 is 0 Å². The summed E-state index contributed by atoms with van der Waals surface area (Å²) in [6, 6.07) is 5.09. The van der Waals surface area contributed by atoms with Crippen LogP contribution in [0.3, 0.4) is 0 Å². The van der Waals surface area contributed by atoms with E-state index in [0.717, 1.165) is 48.9 Å². The molecular weight excluding hydrogens is 295 g/mol. The van der Waals surface area contributed by atoms with E-state index < -0.39 is 0 Å². The second kappa shape index (κ2) is 6.66. The molecule has 0 aliphatic carbocycles. The van der Waals surface area contributed by atoms with Crippen LogP contribution in [-0.2, 0) is 13.1 Å². The Morgan fingerprint density at radius 1 is 1.35 bits per heavy atom. The van der Waals surface area contributed by atoms with E-state index >= 15 is 0 Å². The summed E-state index contributed by atoms with van der Waals surface area (Å²) in [5, 5.41) is 4.46. The Balaban J connectivity index is 1.74. The highest BCUT2D eigenvalue weighted by Gasteiger charge is 2.26. The molecule has 1 atom stereocenters. The average Bonchev–Trinajstić information content (AvgIpc) is 3.06. The minimum Gasteiger partial charge on any atom is -0.496 e. The van der Waals surface area contributed by atoms with Crippen LogP contribution in [0.5, 0.6) is 5.75 Å². The standard InChI is InChI=1S/C17H23FN4O/c1-12-19-13(2)22(20-12)11-16-5-4-8-21(16)10-14-9-15(18)6-7-17(14)23-3/h6-7,9,16H,4-5,8,10-11H2,1-3H3. The third-order valence-electron chi connectivity index (χ3n) is 4.46. The third kappa shape index (κ3) is 3.52. The molecule has 5 nitrogen and oxygen atoms in total. The van der Waals surface area contributed by atoms with E-state index in [4.69, 9.17) is 4.74 Å². The second-order valence-electron chi connectivity index (χ2n) is 6.11. The van der Waals surface area contributed by atoms with E-state index in [-0.39, 0.29) is 5.82 Å². The Hall–Kier alpha value is -1.95. The molecule has 1 aliphatic heterocycles. The first kappa shape index (κ1) is 15.9. The average molecular weight is 318 g/mol. The Kier molecular flexibility index (Phi) is 4.61. The normalized spacial score (nSPS) is 18.5. The topological polar surface area (TPSA) is 43.2 Å². The maximum absolute atomic E-state index is 13.6. The minimum atomic E-state index is -0.223. The van der Waals surface area contributed by atoms with Crippen molar-refractivity contribution >= 4 is 0 Å². The van der Waals surface area contributed by atoms with Crippen LogP contribution < -0.4 is 4.74 Å². The van der Waals surface area contributed by atoms with Crippen LogP contribution >= 0.6 is 0 Å². The summed E-state index contributed by atoms with van der Waals surface area (Å²) < 4.78 is 20.9. The van der Waals surface area contributed by atoms with Crippen LogP contribution in [0.2, 0.25) is 0 Å². The van der Waals surface area contributed by atoms with Crippen molar-refractivity contribution in [3.05, 3.63) is 41.2 Å². The summed E-state index contributed by atoms with van der Waals surface area (Å²) in [6.07, 6.45) is 2.27. The number of hydrogen-bond acceptors (Lipinski definition) is 4. The van der Waals surface area contributed by atoms with Crippen LogP contribution in [0.4, 0.5) is 4.39 Å². The Morgan fingerprint density at radius 2 is 2.17 bits per heavy atom. The monoisotopic (exact) mass is 318 g/mol. The molecule has 1 aromatic heterocycles. The van der Waals surface area contributed by atoms with Crippen molar-refractivity contribution in [3.63, 3.8) is 0 Å². The number of methoxy groups -OCH3 is 1. The first-order chi connectivity index (χ1) is 11.1. The van der Waals surface area contributed by atoms with E-state index in [2.05, 4.69) is 15.0 Å². The summed E-state index contributed by atoms with van der Waals surface area (Å²) in [5.41, 5.74) is 0.894. The Bertz CT molecular complexity index is 685. The van der Waals surface area contributed by atoms with Crippen LogP contribution in [0.15, 0.2) is 18.2 Å². The maximum Gasteiger partial charge on any atom is 0.147 e. The number of benzene rings is 1. The van der Waals surface area contributed by atoms with Crippen LogP contribution in [0, 0.1) is 19.7 Å². The highest BCUT2D eigenvalue weighted by Crippen LogP contribution is 2.26. The van der Waals surface area contributed by atoms with Gasteiger partial charge in [0.25, 0.3) is 0 Å². The van der Waals surface area contributed by atoms with Crippen molar-refractivity contribution < 1.29 is 9.13 Å². The van der Waals surface area contributed by atoms with Gasteiger partial charge in [0, 0.05) is 18.2 Å². The number of aromatic nitrogens is 3. The number of ether oxygens (including phenoxy) is 1. The van der Waals surface area contributed by atoms with Gasteiger partial charge in [-0.25, -0.2) is 14.1 Å². The molecule has 0 spiro atoms. The van der Waals surface area contributed by atoms with E-state index in [9.17, 15) is 4.39 Å². The number of aryl methyl sites for hydroxylation is 2. The molecule has 1 aromatic carbocycles. The van der Waals surface area contributed by atoms with Crippen LogP contribution in [0.25, 0.3) is 0 Å². The van der Waals surface area contributed by atoms with Gasteiger partial charge in [0.1, 0.15) is 23.2 Å². The zero-order chi connectivity index (χ0) is 16.4. The third-order valence-corrected chi connectivity index (χ3v) is 4.46. The fourth-order valence-electron chi connectivity index (χ4n) is 3.33.